The first kappa shape index (κ1) is 30.9. The van der Waals surface area contributed by atoms with Crippen LogP contribution in [0, 0.1) is 0 Å². The molecule has 0 saturated heterocycles. The number of phenolic OH excluding ortho intramolecular Hbond substituents is 2. The second-order valence-corrected chi connectivity index (χ2v) is 12.3. The zero-order valence-electron chi connectivity index (χ0n) is 26.4. The van der Waals surface area contributed by atoms with Gasteiger partial charge in [0.1, 0.15) is 11.5 Å². The molecule has 0 aliphatic heterocycles. The molecule has 0 heterocycles. The molecule has 3 heteroatoms. The number of rotatable bonds is 12. The van der Waals surface area contributed by atoms with Gasteiger partial charge in [-0.1, -0.05) is 146 Å². The van der Waals surface area contributed by atoms with E-state index in [0.29, 0.717) is 37.2 Å². The fourth-order valence-corrected chi connectivity index (χ4v) is 6.33. The van der Waals surface area contributed by atoms with Gasteiger partial charge in [0.15, 0.2) is 0 Å². The van der Waals surface area contributed by atoms with Crippen LogP contribution in [0.3, 0.4) is 0 Å². The summed E-state index contributed by atoms with van der Waals surface area (Å²) in [7, 11) is 2.14. The monoisotopic (exact) mass is 603 g/mol. The minimum absolute atomic E-state index is 0.383. The van der Waals surface area contributed by atoms with E-state index in [1.165, 1.54) is 33.4 Å². The molecule has 0 bridgehead atoms. The third-order valence-electron chi connectivity index (χ3n) is 8.51. The lowest BCUT2D eigenvalue weighted by Crippen LogP contribution is -2.18. The maximum atomic E-state index is 11.4. The van der Waals surface area contributed by atoms with Crippen LogP contribution in [0.1, 0.15) is 55.6 Å². The van der Waals surface area contributed by atoms with E-state index in [-0.39, 0.29) is 0 Å². The van der Waals surface area contributed by atoms with E-state index in [4.69, 9.17) is 0 Å². The number of hydrogen-bond acceptors (Lipinski definition) is 3. The SMILES string of the molecule is CN(Cc1cc(Cc2ccccc2)c(O)c(Cc2ccccc2)c1)Cc1cc(Cc2ccccc2)c(O)c(Cc2ccccc2)c1. The molecule has 6 aromatic rings. The van der Waals surface area contributed by atoms with Crippen molar-refractivity contribution in [1.82, 2.24) is 4.90 Å². The van der Waals surface area contributed by atoms with Crippen molar-refractivity contribution in [2.45, 2.75) is 38.8 Å². The fourth-order valence-electron chi connectivity index (χ4n) is 6.33. The molecule has 0 amide bonds. The molecular formula is C43H41NO2. The predicted octanol–water partition coefficient (Wildman–Crippen LogP) is 9.09. The summed E-state index contributed by atoms with van der Waals surface area (Å²) in [5.41, 5.74) is 10.8. The number of hydrogen-bond donors (Lipinski definition) is 2. The van der Waals surface area contributed by atoms with Gasteiger partial charge in [0.05, 0.1) is 0 Å². The zero-order valence-corrected chi connectivity index (χ0v) is 26.4. The molecule has 46 heavy (non-hydrogen) atoms. The van der Waals surface area contributed by atoms with E-state index in [2.05, 4.69) is 84.7 Å². The van der Waals surface area contributed by atoms with Gasteiger partial charge in [0.2, 0.25) is 0 Å². The number of aromatic hydroxyl groups is 2. The topological polar surface area (TPSA) is 43.7 Å². The third kappa shape index (κ3) is 8.12. The second-order valence-electron chi connectivity index (χ2n) is 12.3. The molecule has 0 fully saturated rings. The van der Waals surface area contributed by atoms with Gasteiger partial charge in [-0.25, -0.2) is 0 Å². The first-order valence-corrected chi connectivity index (χ1v) is 16.0. The van der Waals surface area contributed by atoms with Crippen LogP contribution in [0.5, 0.6) is 11.5 Å². The summed E-state index contributed by atoms with van der Waals surface area (Å²) in [4.78, 5) is 2.32. The Kier molecular flexibility index (Phi) is 9.92. The molecule has 6 rings (SSSR count). The Bertz CT molecular complexity index is 1590. The Morgan fingerprint density at radius 3 is 0.848 bits per heavy atom. The molecular weight excluding hydrogens is 562 g/mol. The van der Waals surface area contributed by atoms with Gasteiger partial charge in [0, 0.05) is 38.8 Å². The smallest absolute Gasteiger partial charge is 0.122 e. The van der Waals surface area contributed by atoms with Crippen molar-refractivity contribution in [2.24, 2.45) is 0 Å². The van der Waals surface area contributed by atoms with E-state index in [9.17, 15) is 10.2 Å². The van der Waals surface area contributed by atoms with Crippen molar-refractivity contribution in [3.05, 3.63) is 201 Å². The molecule has 230 valence electrons. The number of phenols is 2. The largest absolute Gasteiger partial charge is 0.507 e. The summed E-state index contributed by atoms with van der Waals surface area (Å²) in [6, 6.07) is 50.0. The summed E-state index contributed by atoms with van der Waals surface area (Å²) in [5, 5.41) is 22.8. The van der Waals surface area contributed by atoms with Crippen LogP contribution in [0.15, 0.2) is 146 Å². The molecule has 6 aromatic carbocycles. The van der Waals surface area contributed by atoms with Crippen LogP contribution in [-0.4, -0.2) is 22.2 Å². The Morgan fingerprint density at radius 1 is 0.370 bits per heavy atom. The first-order chi connectivity index (χ1) is 22.5. The van der Waals surface area contributed by atoms with Crippen molar-refractivity contribution >= 4 is 0 Å². The van der Waals surface area contributed by atoms with E-state index >= 15 is 0 Å². The van der Waals surface area contributed by atoms with E-state index in [1.807, 2.05) is 72.8 Å². The van der Waals surface area contributed by atoms with Crippen LogP contribution in [0.25, 0.3) is 0 Å². The molecule has 0 spiro atoms. The summed E-state index contributed by atoms with van der Waals surface area (Å²) < 4.78 is 0. The standard InChI is InChI=1S/C43H41NO2/c1-44(30-36-26-38(22-32-14-6-2-7-15-32)42(45)39(27-36)23-33-16-8-3-9-17-33)31-37-28-40(24-34-18-10-4-11-19-34)43(46)41(29-37)25-35-20-12-5-13-21-35/h2-21,26-29,45-46H,22-25,30-31H2,1H3. The van der Waals surface area contributed by atoms with Gasteiger partial charge >= 0.3 is 0 Å². The van der Waals surface area contributed by atoms with Crippen LogP contribution in [-0.2, 0) is 38.8 Å². The molecule has 3 nitrogen and oxygen atoms in total. The Hall–Kier alpha value is -5.12. The highest BCUT2D eigenvalue weighted by Gasteiger charge is 2.16. The van der Waals surface area contributed by atoms with Gasteiger partial charge in [-0.3, -0.25) is 4.90 Å². The van der Waals surface area contributed by atoms with Gasteiger partial charge in [-0.05, 0) is 62.7 Å². The maximum absolute atomic E-state index is 11.4. The highest BCUT2D eigenvalue weighted by atomic mass is 16.3. The average molecular weight is 604 g/mol. The van der Waals surface area contributed by atoms with Gasteiger partial charge in [0.25, 0.3) is 0 Å². The summed E-state index contributed by atoms with van der Waals surface area (Å²) >= 11 is 0. The molecule has 0 aliphatic carbocycles. The first-order valence-electron chi connectivity index (χ1n) is 16.0. The molecule has 2 N–H and O–H groups in total. The quantitative estimate of drug-likeness (QED) is 0.147. The minimum Gasteiger partial charge on any atom is -0.507 e. The van der Waals surface area contributed by atoms with Crippen LogP contribution < -0.4 is 0 Å². The molecule has 0 aromatic heterocycles. The lowest BCUT2D eigenvalue weighted by Gasteiger charge is -2.21. The predicted molar refractivity (Wildman–Crippen MR) is 188 cm³/mol. The van der Waals surface area contributed by atoms with Gasteiger partial charge < -0.3 is 10.2 Å². The van der Waals surface area contributed by atoms with E-state index < -0.39 is 0 Å². The van der Waals surface area contributed by atoms with E-state index in [0.717, 1.165) is 35.3 Å². The van der Waals surface area contributed by atoms with Gasteiger partial charge in [-0.2, -0.15) is 0 Å². The molecule has 0 aliphatic rings. The second kappa shape index (κ2) is 14.8. The average Bonchev–Trinajstić information content (AvgIpc) is 3.07. The molecule has 0 unspecified atom stereocenters. The minimum atomic E-state index is 0.383. The lowest BCUT2D eigenvalue weighted by atomic mass is 9.94. The summed E-state index contributed by atoms with van der Waals surface area (Å²) in [5.74, 6) is 0.766. The fraction of sp³-hybridized carbons (Fsp3) is 0.163. The van der Waals surface area contributed by atoms with Crippen molar-refractivity contribution < 1.29 is 10.2 Å². The van der Waals surface area contributed by atoms with Crippen LogP contribution in [0.2, 0.25) is 0 Å². The third-order valence-corrected chi connectivity index (χ3v) is 8.51. The Balaban J connectivity index is 1.28. The lowest BCUT2D eigenvalue weighted by molar-refractivity contribution is 0.318. The molecule has 0 saturated carbocycles. The van der Waals surface area contributed by atoms with Crippen molar-refractivity contribution in [2.75, 3.05) is 7.05 Å². The molecule has 0 radical (unpaired) electrons. The highest BCUT2D eigenvalue weighted by molar-refractivity contribution is 5.49. The summed E-state index contributed by atoms with van der Waals surface area (Å²) in [6.45, 7) is 1.46. The highest BCUT2D eigenvalue weighted by Crippen LogP contribution is 2.32. The van der Waals surface area contributed by atoms with Crippen molar-refractivity contribution in [3.63, 3.8) is 0 Å². The summed E-state index contributed by atoms with van der Waals surface area (Å²) in [6.07, 6.45) is 2.71. The van der Waals surface area contributed by atoms with Crippen molar-refractivity contribution in [3.8, 4) is 11.5 Å². The van der Waals surface area contributed by atoms with Gasteiger partial charge in [-0.15, -0.1) is 0 Å². The number of benzene rings is 6. The Labute approximate surface area is 273 Å². The molecule has 0 atom stereocenters. The van der Waals surface area contributed by atoms with Crippen LogP contribution >= 0.6 is 0 Å². The van der Waals surface area contributed by atoms with Crippen LogP contribution in [0.4, 0.5) is 0 Å². The number of nitrogens with zero attached hydrogens (tertiary/aromatic N) is 1. The van der Waals surface area contributed by atoms with E-state index in [1.54, 1.807) is 0 Å². The Morgan fingerprint density at radius 2 is 0.609 bits per heavy atom. The van der Waals surface area contributed by atoms with Crippen molar-refractivity contribution in [1.29, 1.82) is 0 Å². The maximum Gasteiger partial charge on any atom is 0.122 e. The zero-order chi connectivity index (χ0) is 31.7. The normalized spacial score (nSPS) is 11.2.